The van der Waals surface area contributed by atoms with Crippen molar-refractivity contribution in [2.45, 2.75) is 12.5 Å². The van der Waals surface area contributed by atoms with Crippen molar-refractivity contribution in [2.24, 2.45) is 0 Å². The van der Waals surface area contributed by atoms with Crippen molar-refractivity contribution in [3.8, 4) is 0 Å². The Kier molecular flexibility index (Phi) is 3.85. The van der Waals surface area contributed by atoms with Gasteiger partial charge in [0.25, 0.3) is 0 Å². The third kappa shape index (κ3) is 2.62. The molecule has 5 heteroatoms. The molecular formula is C12H14O5. The van der Waals surface area contributed by atoms with Crippen molar-refractivity contribution in [1.82, 2.24) is 0 Å². The Labute approximate surface area is 99.0 Å². The molecule has 0 saturated heterocycles. The normalized spacial score (nSPS) is 13.6. The first-order valence-corrected chi connectivity index (χ1v) is 4.93. The van der Waals surface area contributed by atoms with Crippen LogP contribution < -0.4 is 0 Å². The Morgan fingerprint density at radius 2 is 1.65 bits per heavy atom. The average Bonchev–Trinajstić information content (AvgIpc) is 2.36. The number of hydrogen-bond donors (Lipinski definition) is 1. The van der Waals surface area contributed by atoms with E-state index in [0.29, 0.717) is 11.1 Å². The summed E-state index contributed by atoms with van der Waals surface area (Å²) in [7, 11) is 2.47. The molecule has 1 unspecified atom stereocenters. The highest BCUT2D eigenvalue weighted by Gasteiger charge is 2.33. The molecule has 1 N–H and O–H groups in total. The zero-order chi connectivity index (χ0) is 13.1. The van der Waals surface area contributed by atoms with Crippen LogP contribution in [0, 0.1) is 0 Å². The SMILES string of the molecule is COC(=O)c1ccc(C(C)(O)C(=O)OC)cc1. The van der Waals surface area contributed by atoms with Crippen molar-refractivity contribution < 1.29 is 24.2 Å². The Bertz CT molecular complexity index is 419. The van der Waals surface area contributed by atoms with E-state index in [9.17, 15) is 14.7 Å². The number of methoxy groups -OCH3 is 2. The molecule has 0 bridgehead atoms. The summed E-state index contributed by atoms with van der Waals surface area (Å²) in [4.78, 5) is 22.5. The maximum Gasteiger partial charge on any atom is 0.342 e. The van der Waals surface area contributed by atoms with Crippen LogP contribution in [0.25, 0.3) is 0 Å². The van der Waals surface area contributed by atoms with Crippen molar-refractivity contribution >= 4 is 11.9 Å². The maximum absolute atomic E-state index is 11.3. The molecule has 0 radical (unpaired) electrons. The molecule has 0 heterocycles. The van der Waals surface area contributed by atoms with Crippen LogP contribution in [0.3, 0.4) is 0 Å². The number of ether oxygens (including phenoxy) is 2. The first-order chi connectivity index (χ1) is 7.93. The van der Waals surface area contributed by atoms with Crippen LogP contribution in [0.5, 0.6) is 0 Å². The summed E-state index contributed by atoms with van der Waals surface area (Å²) in [5.74, 6) is -1.24. The molecule has 0 aliphatic carbocycles. The van der Waals surface area contributed by atoms with Crippen LogP contribution in [0.1, 0.15) is 22.8 Å². The van der Waals surface area contributed by atoms with E-state index in [0.717, 1.165) is 0 Å². The summed E-state index contributed by atoms with van der Waals surface area (Å²) in [6.45, 7) is 1.33. The molecule has 1 aromatic rings. The van der Waals surface area contributed by atoms with Crippen LogP contribution in [0.2, 0.25) is 0 Å². The highest BCUT2D eigenvalue weighted by Crippen LogP contribution is 2.22. The maximum atomic E-state index is 11.3. The van der Waals surface area contributed by atoms with Gasteiger partial charge in [0.1, 0.15) is 0 Å². The number of carbonyl (C=O) groups excluding carboxylic acids is 2. The molecule has 1 aromatic carbocycles. The number of rotatable bonds is 3. The minimum absolute atomic E-state index is 0.344. The van der Waals surface area contributed by atoms with Gasteiger partial charge in [-0.15, -0.1) is 0 Å². The van der Waals surface area contributed by atoms with Gasteiger partial charge in [-0.25, -0.2) is 9.59 Å². The number of carbonyl (C=O) groups is 2. The van der Waals surface area contributed by atoms with Gasteiger partial charge in [-0.2, -0.15) is 0 Å². The second-order valence-electron chi connectivity index (χ2n) is 3.63. The van der Waals surface area contributed by atoms with Gasteiger partial charge in [-0.1, -0.05) is 12.1 Å². The van der Waals surface area contributed by atoms with Gasteiger partial charge in [-0.05, 0) is 24.6 Å². The molecule has 0 aliphatic heterocycles. The first kappa shape index (κ1) is 13.2. The van der Waals surface area contributed by atoms with Crippen LogP contribution in [-0.2, 0) is 19.9 Å². The number of benzene rings is 1. The average molecular weight is 238 g/mol. The fraction of sp³-hybridized carbons (Fsp3) is 0.333. The third-order valence-electron chi connectivity index (χ3n) is 2.45. The number of hydrogen-bond acceptors (Lipinski definition) is 5. The summed E-state index contributed by atoms with van der Waals surface area (Å²) in [6, 6.07) is 5.89. The molecule has 0 amide bonds. The Balaban J connectivity index is 3.02. The van der Waals surface area contributed by atoms with Crippen molar-refractivity contribution in [1.29, 1.82) is 0 Å². The molecule has 0 fully saturated rings. The number of aliphatic hydroxyl groups is 1. The molecule has 0 spiro atoms. The second-order valence-corrected chi connectivity index (χ2v) is 3.63. The zero-order valence-electron chi connectivity index (χ0n) is 9.89. The van der Waals surface area contributed by atoms with E-state index in [2.05, 4.69) is 9.47 Å². The highest BCUT2D eigenvalue weighted by atomic mass is 16.5. The van der Waals surface area contributed by atoms with E-state index in [1.54, 1.807) is 0 Å². The van der Waals surface area contributed by atoms with Gasteiger partial charge < -0.3 is 14.6 Å². The van der Waals surface area contributed by atoms with Crippen LogP contribution in [0.4, 0.5) is 0 Å². The largest absolute Gasteiger partial charge is 0.467 e. The summed E-state index contributed by atoms with van der Waals surface area (Å²) in [6.07, 6.45) is 0. The standard InChI is InChI=1S/C12H14O5/c1-12(15,11(14)17-3)9-6-4-8(5-7-9)10(13)16-2/h4-7,15H,1-3H3. The number of esters is 2. The van der Waals surface area contributed by atoms with Crippen molar-refractivity contribution in [3.05, 3.63) is 35.4 Å². The van der Waals surface area contributed by atoms with Gasteiger partial charge in [0.2, 0.25) is 0 Å². The summed E-state index contributed by atoms with van der Waals surface area (Å²) in [5.41, 5.74) is -1.04. The third-order valence-corrected chi connectivity index (χ3v) is 2.45. The lowest BCUT2D eigenvalue weighted by atomic mass is 9.95. The molecule has 0 saturated carbocycles. The van der Waals surface area contributed by atoms with Gasteiger partial charge >= 0.3 is 11.9 Å². The first-order valence-electron chi connectivity index (χ1n) is 4.93. The van der Waals surface area contributed by atoms with Gasteiger partial charge in [0.05, 0.1) is 19.8 Å². The van der Waals surface area contributed by atoms with E-state index in [1.165, 1.54) is 45.4 Å². The van der Waals surface area contributed by atoms with Crippen molar-refractivity contribution in [2.75, 3.05) is 14.2 Å². The lowest BCUT2D eigenvalue weighted by molar-refractivity contribution is -0.161. The Morgan fingerprint density at radius 1 is 1.12 bits per heavy atom. The quantitative estimate of drug-likeness (QED) is 0.790. The van der Waals surface area contributed by atoms with E-state index in [-0.39, 0.29) is 0 Å². The molecule has 0 aliphatic rings. The Morgan fingerprint density at radius 3 is 2.06 bits per heavy atom. The minimum atomic E-state index is -1.73. The summed E-state index contributed by atoms with van der Waals surface area (Å²) >= 11 is 0. The summed E-state index contributed by atoms with van der Waals surface area (Å²) < 4.78 is 9.03. The molecule has 92 valence electrons. The van der Waals surface area contributed by atoms with Crippen LogP contribution >= 0.6 is 0 Å². The highest BCUT2D eigenvalue weighted by molar-refractivity contribution is 5.89. The smallest absolute Gasteiger partial charge is 0.342 e. The summed E-state index contributed by atoms with van der Waals surface area (Å²) in [5, 5.41) is 9.95. The fourth-order valence-corrected chi connectivity index (χ4v) is 1.37. The zero-order valence-corrected chi connectivity index (χ0v) is 9.89. The molecule has 1 atom stereocenters. The van der Waals surface area contributed by atoms with Gasteiger partial charge in [0, 0.05) is 0 Å². The Hall–Kier alpha value is -1.88. The van der Waals surface area contributed by atoms with Crippen LogP contribution in [-0.4, -0.2) is 31.3 Å². The monoisotopic (exact) mass is 238 g/mol. The minimum Gasteiger partial charge on any atom is -0.467 e. The predicted molar refractivity (Wildman–Crippen MR) is 59.4 cm³/mol. The second kappa shape index (κ2) is 4.97. The topological polar surface area (TPSA) is 72.8 Å². The predicted octanol–water partition coefficient (Wildman–Crippen LogP) is 0.854. The van der Waals surface area contributed by atoms with E-state index in [4.69, 9.17) is 0 Å². The molecule has 5 nitrogen and oxygen atoms in total. The van der Waals surface area contributed by atoms with E-state index >= 15 is 0 Å². The van der Waals surface area contributed by atoms with E-state index in [1.807, 2.05) is 0 Å². The van der Waals surface area contributed by atoms with E-state index < -0.39 is 17.5 Å². The lowest BCUT2D eigenvalue weighted by Gasteiger charge is -2.20. The lowest BCUT2D eigenvalue weighted by Crippen LogP contribution is -2.33. The van der Waals surface area contributed by atoms with Crippen molar-refractivity contribution in [3.63, 3.8) is 0 Å². The molecule has 0 aromatic heterocycles. The molecule has 1 rings (SSSR count). The van der Waals surface area contributed by atoms with Gasteiger partial charge in [-0.3, -0.25) is 0 Å². The van der Waals surface area contributed by atoms with Gasteiger partial charge in [0.15, 0.2) is 5.60 Å². The molecular weight excluding hydrogens is 224 g/mol. The fourth-order valence-electron chi connectivity index (χ4n) is 1.37. The molecule has 17 heavy (non-hydrogen) atoms. The van der Waals surface area contributed by atoms with Crippen LogP contribution in [0.15, 0.2) is 24.3 Å².